The number of rotatable bonds is 5. The van der Waals surface area contributed by atoms with Crippen LogP contribution < -0.4 is 11.0 Å². The third-order valence-electron chi connectivity index (χ3n) is 4.75. The summed E-state index contributed by atoms with van der Waals surface area (Å²) in [7, 11) is 0. The van der Waals surface area contributed by atoms with Crippen LogP contribution in [0.4, 0.5) is 5.95 Å². The van der Waals surface area contributed by atoms with Gasteiger partial charge in [-0.25, -0.2) is 10.4 Å². The number of hydrogen-bond acceptors (Lipinski definition) is 5. The maximum Gasteiger partial charge on any atom is 0.257 e. The van der Waals surface area contributed by atoms with Crippen molar-refractivity contribution in [2.45, 2.75) is 19.5 Å². The van der Waals surface area contributed by atoms with Gasteiger partial charge < -0.3 is 0 Å². The Balaban J connectivity index is 1.46. The van der Waals surface area contributed by atoms with Crippen LogP contribution in [0.15, 0.2) is 58.4 Å². The van der Waals surface area contributed by atoms with E-state index in [0.717, 1.165) is 18.8 Å². The first kappa shape index (κ1) is 19.6. The van der Waals surface area contributed by atoms with E-state index in [1.54, 1.807) is 18.2 Å². The highest BCUT2D eigenvalue weighted by molar-refractivity contribution is 6.43. The predicted octanol–water partition coefficient (Wildman–Crippen LogP) is 4.08. The maximum absolute atomic E-state index is 12.6. The van der Waals surface area contributed by atoms with Crippen LogP contribution in [0, 0.1) is 0 Å². The summed E-state index contributed by atoms with van der Waals surface area (Å²) in [5.74, 6) is 0.305. The minimum atomic E-state index is -0.147. The molecule has 1 aliphatic heterocycles. The molecule has 29 heavy (non-hydrogen) atoms. The molecule has 4 rings (SSSR count). The molecule has 2 aromatic carbocycles. The van der Waals surface area contributed by atoms with Gasteiger partial charge in [0.05, 0.1) is 27.5 Å². The lowest BCUT2D eigenvalue weighted by atomic mass is 10.1. The van der Waals surface area contributed by atoms with Crippen LogP contribution >= 0.6 is 23.2 Å². The van der Waals surface area contributed by atoms with E-state index >= 15 is 0 Å². The van der Waals surface area contributed by atoms with Gasteiger partial charge in [-0.05, 0) is 11.6 Å². The molecule has 148 valence electrons. The van der Waals surface area contributed by atoms with Gasteiger partial charge >= 0.3 is 0 Å². The number of hydrogen-bond donors (Lipinski definition) is 2. The van der Waals surface area contributed by atoms with Crippen LogP contribution in [0.25, 0.3) is 0 Å². The summed E-state index contributed by atoms with van der Waals surface area (Å²) >= 11 is 12.1. The first-order chi connectivity index (χ1) is 14.1. The molecule has 0 aliphatic carbocycles. The maximum atomic E-state index is 12.6. The van der Waals surface area contributed by atoms with E-state index in [1.165, 1.54) is 11.8 Å². The average molecular weight is 428 g/mol. The Labute approximate surface area is 178 Å². The molecule has 2 heterocycles. The van der Waals surface area contributed by atoms with Gasteiger partial charge in [-0.15, -0.1) is 0 Å². The van der Waals surface area contributed by atoms with Gasteiger partial charge in [-0.2, -0.15) is 5.10 Å². The van der Waals surface area contributed by atoms with Gasteiger partial charge in [0.1, 0.15) is 0 Å². The van der Waals surface area contributed by atoms with E-state index < -0.39 is 0 Å². The Hall–Kier alpha value is -2.67. The number of hydrazone groups is 1. The summed E-state index contributed by atoms with van der Waals surface area (Å²) in [6.45, 7) is 2.23. The third-order valence-corrected chi connectivity index (χ3v) is 5.59. The highest BCUT2D eigenvalue weighted by Crippen LogP contribution is 2.24. The van der Waals surface area contributed by atoms with Crippen LogP contribution in [0.1, 0.15) is 22.4 Å². The summed E-state index contributed by atoms with van der Waals surface area (Å²) in [6, 6.07) is 15.5. The number of nitrogens with zero attached hydrogens (tertiary/aromatic N) is 3. The fourth-order valence-corrected chi connectivity index (χ4v) is 3.65. The lowest BCUT2D eigenvalue weighted by Crippen LogP contribution is -2.35. The number of nitrogens with one attached hydrogen (secondary N) is 2. The van der Waals surface area contributed by atoms with Gasteiger partial charge in [0.15, 0.2) is 0 Å². The topological polar surface area (TPSA) is 73.4 Å². The van der Waals surface area contributed by atoms with E-state index in [2.05, 4.69) is 37.5 Å². The lowest BCUT2D eigenvalue weighted by molar-refractivity contribution is 0.242. The molecule has 1 aliphatic rings. The number of aromatic amines is 1. The largest absolute Gasteiger partial charge is 0.294 e. The molecule has 0 saturated heterocycles. The number of halogens is 2. The van der Waals surface area contributed by atoms with E-state index in [9.17, 15) is 4.79 Å². The van der Waals surface area contributed by atoms with E-state index in [4.69, 9.17) is 23.2 Å². The molecule has 0 bridgehead atoms. The summed E-state index contributed by atoms with van der Waals surface area (Å²) < 4.78 is 0. The zero-order valence-corrected chi connectivity index (χ0v) is 17.0. The first-order valence-electron chi connectivity index (χ1n) is 9.21. The second kappa shape index (κ2) is 8.78. The molecule has 0 spiro atoms. The SMILES string of the molecule is O=c1[nH]c(N/N=C\c2cccc(Cl)c2Cl)nc2c1CN(Cc1ccccc1)CC2. The Morgan fingerprint density at radius 2 is 2.00 bits per heavy atom. The van der Waals surface area contributed by atoms with Crippen molar-refractivity contribution in [3.8, 4) is 0 Å². The molecule has 0 saturated carbocycles. The summed E-state index contributed by atoms with van der Waals surface area (Å²) in [5, 5.41) is 4.99. The van der Waals surface area contributed by atoms with Crippen LogP contribution in [0.2, 0.25) is 10.0 Å². The molecular formula is C21H19Cl2N5O. The van der Waals surface area contributed by atoms with Crippen molar-refractivity contribution in [2.24, 2.45) is 5.10 Å². The third kappa shape index (κ3) is 4.67. The minimum absolute atomic E-state index is 0.147. The van der Waals surface area contributed by atoms with Crippen molar-refractivity contribution in [3.63, 3.8) is 0 Å². The number of H-pyrrole nitrogens is 1. The highest BCUT2D eigenvalue weighted by Gasteiger charge is 2.21. The van der Waals surface area contributed by atoms with Gasteiger partial charge in [0.25, 0.3) is 5.56 Å². The second-order valence-corrected chi connectivity index (χ2v) is 7.58. The molecule has 2 N–H and O–H groups in total. The molecular weight excluding hydrogens is 409 g/mol. The predicted molar refractivity (Wildman–Crippen MR) is 117 cm³/mol. The van der Waals surface area contributed by atoms with Crippen molar-refractivity contribution in [2.75, 3.05) is 12.0 Å². The molecule has 0 amide bonds. The van der Waals surface area contributed by atoms with E-state index in [1.807, 2.05) is 18.2 Å². The van der Waals surface area contributed by atoms with Gasteiger partial charge in [-0.1, -0.05) is 65.7 Å². The van der Waals surface area contributed by atoms with Crippen molar-refractivity contribution in [1.82, 2.24) is 14.9 Å². The second-order valence-electron chi connectivity index (χ2n) is 6.80. The Morgan fingerprint density at radius 1 is 1.17 bits per heavy atom. The van der Waals surface area contributed by atoms with Gasteiger partial charge in [0, 0.05) is 31.6 Å². The zero-order chi connectivity index (χ0) is 20.2. The first-order valence-corrected chi connectivity index (χ1v) is 9.97. The molecule has 0 fully saturated rings. The van der Waals surface area contributed by atoms with Crippen molar-refractivity contribution >= 4 is 35.4 Å². The Kier molecular flexibility index (Phi) is 5.94. The smallest absolute Gasteiger partial charge is 0.257 e. The summed E-state index contributed by atoms with van der Waals surface area (Å²) in [5.41, 5.74) is 6.03. The van der Waals surface area contributed by atoms with Crippen molar-refractivity contribution in [1.29, 1.82) is 0 Å². The molecule has 0 unspecified atom stereocenters. The van der Waals surface area contributed by atoms with Crippen molar-refractivity contribution < 1.29 is 0 Å². The molecule has 0 atom stereocenters. The van der Waals surface area contributed by atoms with E-state index in [0.29, 0.717) is 40.1 Å². The highest BCUT2D eigenvalue weighted by atomic mass is 35.5. The molecule has 8 heteroatoms. The molecule has 3 aromatic rings. The monoisotopic (exact) mass is 427 g/mol. The van der Waals surface area contributed by atoms with E-state index in [-0.39, 0.29) is 5.56 Å². The Morgan fingerprint density at radius 3 is 2.83 bits per heavy atom. The van der Waals surface area contributed by atoms with Gasteiger partial charge in [-0.3, -0.25) is 14.7 Å². The zero-order valence-electron chi connectivity index (χ0n) is 15.5. The fourth-order valence-electron chi connectivity index (χ4n) is 3.29. The number of fused-ring (bicyclic) bond motifs is 1. The number of benzene rings is 2. The van der Waals surface area contributed by atoms with Crippen LogP contribution in [-0.4, -0.2) is 27.6 Å². The quantitative estimate of drug-likeness (QED) is 0.475. The molecule has 1 aromatic heterocycles. The van der Waals surface area contributed by atoms with Crippen molar-refractivity contribution in [3.05, 3.63) is 91.3 Å². The van der Waals surface area contributed by atoms with Gasteiger partial charge in [0.2, 0.25) is 5.95 Å². The number of anilines is 1. The molecule has 0 radical (unpaired) electrons. The standard InChI is InChI=1S/C21H19Cl2N5O/c22-17-8-4-7-15(19(17)23)11-24-27-21-25-18-9-10-28(13-16(18)20(29)26-21)12-14-5-2-1-3-6-14/h1-8,11H,9-10,12-13H2,(H2,25,26,27,29)/b24-11-. The number of aromatic nitrogens is 2. The lowest BCUT2D eigenvalue weighted by Gasteiger charge is -2.27. The fraction of sp³-hybridized carbons (Fsp3) is 0.190. The summed E-state index contributed by atoms with van der Waals surface area (Å²) in [4.78, 5) is 22.1. The minimum Gasteiger partial charge on any atom is -0.294 e. The van der Waals surface area contributed by atoms with Crippen LogP contribution in [0.3, 0.4) is 0 Å². The van der Waals surface area contributed by atoms with Crippen LogP contribution in [0.5, 0.6) is 0 Å². The average Bonchev–Trinajstić information content (AvgIpc) is 2.72. The summed E-state index contributed by atoms with van der Waals surface area (Å²) in [6.07, 6.45) is 2.25. The Bertz CT molecular complexity index is 1100. The normalized spacial score (nSPS) is 14.1. The van der Waals surface area contributed by atoms with Crippen LogP contribution in [-0.2, 0) is 19.5 Å². The molecule has 6 nitrogen and oxygen atoms in total.